The van der Waals surface area contributed by atoms with Crippen LogP contribution in [0.25, 0.3) is 0 Å². The van der Waals surface area contributed by atoms with E-state index < -0.39 is 10.0 Å². The van der Waals surface area contributed by atoms with E-state index in [2.05, 4.69) is 4.72 Å². The molecule has 0 radical (unpaired) electrons. The molecule has 1 aromatic heterocycles. The molecule has 0 unspecified atom stereocenters. The molecule has 1 aromatic carbocycles. The van der Waals surface area contributed by atoms with E-state index in [0.717, 1.165) is 16.0 Å². The minimum absolute atomic E-state index is 0.156. The topological polar surface area (TPSA) is 55.4 Å². The monoisotopic (exact) mass is 311 g/mol. The summed E-state index contributed by atoms with van der Waals surface area (Å²) >= 11 is 1.42. The Morgan fingerprint density at radius 1 is 1.15 bits per heavy atom. The zero-order valence-corrected chi connectivity index (χ0v) is 13.5. The number of rotatable bonds is 4. The van der Waals surface area contributed by atoms with Crippen LogP contribution in [-0.2, 0) is 10.0 Å². The highest BCUT2D eigenvalue weighted by Gasteiger charge is 2.20. The third kappa shape index (κ3) is 2.96. The maximum Gasteiger partial charge on any atom is 0.266 e. The largest absolute Gasteiger partial charge is 0.495 e. The number of ether oxygens (including phenoxy) is 1. The molecule has 0 fully saturated rings. The van der Waals surface area contributed by atoms with Crippen LogP contribution in [0.2, 0.25) is 0 Å². The molecule has 4 nitrogen and oxygen atoms in total. The summed E-state index contributed by atoms with van der Waals surface area (Å²) in [5.74, 6) is 0.341. The van der Waals surface area contributed by atoms with Crippen LogP contribution in [0.5, 0.6) is 5.75 Å². The van der Waals surface area contributed by atoms with Gasteiger partial charge in [-0.05, 0) is 50.1 Å². The highest BCUT2D eigenvalue weighted by molar-refractivity contribution is 7.93. The van der Waals surface area contributed by atoms with Crippen LogP contribution in [0.15, 0.2) is 29.2 Å². The van der Waals surface area contributed by atoms with Gasteiger partial charge in [-0.15, -0.1) is 11.3 Å². The molecule has 20 heavy (non-hydrogen) atoms. The number of hydrogen-bond acceptors (Lipinski definition) is 4. The molecule has 0 bridgehead atoms. The number of thiophene rings is 1. The quantitative estimate of drug-likeness (QED) is 0.940. The fourth-order valence-electron chi connectivity index (χ4n) is 1.80. The van der Waals surface area contributed by atoms with E-state index in [0.29, 0.717) is 10.8 Å². The van der Waals surface area contributed by atoms with Crippen molar-refractivity contribution in [3.63, 3.8) is 0 Å². The maximum atomic E-state index is 12.5. The lowest BCUT2D eigenvalue weighted by molar-refractivity contribution is 0.402. The van der Waals surface area contributed by atoms with E-state index in [9.17, 15) is 8.42 Å². The predicted octanol–water partition coefficient (Wildman–Crippen LogP) is 3.48. The molecule has 0 aliphatic carbocycles. The maximum absolute atomic E-state index is 12.5. The number of nitrogens with one attached hydrogen (secondary N) is 1. The van der Waals surface area contributed by atoms with Crippen LogP contribution in [0.3, 0.4) is 0 Å². The van der Waals surface area contributed by atoms with Crippen LogP contribution in [0.1, 0.15) is 16.0 Å². The molecule has 1 heterocycles. The molecule has 0 saturated heterocycles. The molecule has 108 valence electrons. The molecule has 1 N–H and O–H groups in total. The molecular weight excluding hydrogens is 294 g/mol. The Hall–Kier alpha value is -1.53. The highest BCUT2D eigenvalue weighted by Crippen LogP contribution is 2.30. The summed E-state index contributed by atoms with van der Waals surface area (Å²) in [6.07, 6.45) is 0. The lowest BCUT2D eigenvalue weighted by Gasteiger charge is -2.11. The summed E-state index contributed by atoms with van der Waals surface area (Å²) in [4.78, 5) is 1.25. The SMILES string of the molecule is COc1ccc(C)cc1S(=O)(=O)Nc1cc(C)c(C)s1. The van der Waals surface area contributed by atoms with Crippen molar-refractivity contribution in [2.24, 2.45) is 0 Å². The van der Waals surface area contributed by atoms with Crippen LogP contribution in [0.4, 0.5) is 5.00 Å². The smallest absolute Gasteiger partial charge is 0.266 e. The van der Waals surface area contributed by atoms with Gasteiger partial charge in [0.25, 0.3) is 10.0 Å². The zero-order chi connectivity index (χ0) is 14.9. The summed E-state index contributed by atoms with van der Waals surface area (Å²) in [5, 5.41) is 0.614. The fraction of sp³-hybridized carbons (Fsp3) is 0.286. The van der Waals surface area contributed by atoms with Crippen LogP contribution < -0.4 is 9.46 Å². The van der Waals surface area contributed by atoms with Crippen molar-refractivity contribution in [1.29, 1.82) is 0 Å². The molecular formula is C14H17NO3S2. The van der Waals surface area contributed by atoms with Gasteiger partial charge in [0.2, 0.25) is 0 Å². The minimum atomic E-state index is -3.65. The second kappa shape index (κ2) is 5.46. The first-order valence-corrected chi connectivity index (χ1v) is 8.38. The Morgan fingerprint density at radius 3 is 2.40 bits per heavy atom. The summed E-state index contributed by atoms with van der Waals surface area (Å²) in [6, 6.07) is 6.92. The van der Waals surface area contributed by atoms with Crippen molar-refractivity contribution < 1.29 is 13.2 Å². The van der Waals surface area contributed by atoms with Gasteiger partial charge in [-0.3, -0.25) is 4.72 Å². The zero-order valence-electron chi connectivity index (χ0n) is 11.9. The van der Waals surface area contributed by atoms with E-state index in [4.69, 9.17) is 4.74 Å². The number of aryl methyl sites for hydroxylation is 3. The molecule has 0 aliphatic heterocycles. The predicted molar refractivity (Wildman–Crippen MR) is 82.3 cm³/mol. The Labute approximate surface area is 123 Å². The van der Waals surface area contributed by atoms with Gasteiger partial charge < -0.3 is 4.74 Å². The van der Waals surface area contributed by atoms with Gasteiger partial charge in [0.05, 0.1) is 7.11 Å². The molecule has 2 aromatic rings. The summed E-state index contributed by atoms with van der Waals surface area (Å²) in [6.45, 7) is 5.76. The number of anilines is 1. The highest BCUT2D eigenvalue weighted by atomic mass is 32.2. The number of sulfonamides is 1. The first-order valence-electron chi connectivity index (χ1n) is 6.08. The van der Waals surface area contributed by atoms with E-state index in [1.807, 2.05) is 32.9 Å². The second-order valence-corrected chi connectivity index (χ2v) is 7.52. The number of methoxy groups -OCH3 is 1. The Bertz CT molecular complexity index is 713. The molecule has 0 saturated carbocycles. The van der Waals surface area contributed by atoms with Gasteiger partial charge in [0.15, 0.2) is 0 Å². The van der Waals surface area contributed by atoms with E-state index in [1.165, 1.54) is 18.4 Å². The lowest BCUT2D eigenvalue weighted by Crippen LogP contribution is -2.13. The normalized spacial score (nSPS) is 11.4. The molecule has 0 spiro atoms. The third-order valence-corrected chi connectivity index (χ3v) is 5.59. The first-order chi connectivity index (χ1) is 9.33. The Morgan fingerprint density at radius 2 is 1.85 bits per heavy atom. The molecule has 0 amide bonds. The van der Waals surface area contributed by atoms with Gasteiger partial charge in [0.1, 0.15) is 15.6 Å². The molecule has 2 rings (SSSR count). The van der Waals surface area contributed by atoms with Crippen molar-refractivity contribution in [1.82, 2.24) is 0 Å². The summed E-state index contributed by atoms with van der Waals surface area (Å²) < 4.78 is 32.7. The molecule has 0 aliphatic rings. The van der Waals surface area contributed by atoms with Crippen molar-refractivity contribution in [2.45, 2.75) is 25.7 Å². The standard InChI is InChI=1S/C14H17NO3S2/c1-9-5-6-12(18-4)13(7-9)20(16,17)15-14-8-10(2)11(3)19-14/h5-8,15H,1-4H3. The average molecular weight is 311 g/mol. The van der Waals surface area contributed by atoms with Gasteiger partial charge in [-0.25, -0.2) is 8.42 Å². The average Bonchev–Trinajstić information content (AvgIpc) is 2.67. The van der Waals surface area contributed by atoms with Crippen LogP contribution in [-0.4, -0.2) is 15.5 Å². The minimum Gasteiger partial charge on any atom is -0.495 e. The van der Waals surface area contributed by atoms with E-state index in [1.54, 1.807) is 12.1 Å². The number of hydrogen-bond donors (Lipinski definition) is 1. The van der Waals surface area contributed by atoms with Crippen LogP contribution >= 0.6 is 11.3 Å². The molecule has 6 heteroatoms. The first kappa shape index (κ1) is 14.9. The van der Waals surface area contributed by atoms with E-state index in [-0.39, 0.29) is 4.90 Å². The van der Waals surface area contributed by atoms with Gasteiger partial charge in [-0.2, -0.15) is 0 Å². The van der Waals surface area contributed by atoms with Crippen LogP contribution in [0, 0.1) is 20.8 Å². The fourth-order valence-corrected chi connectivity index (χ4v) is 4.28. The van der Waals surface area contributed by atoms with Crippen molar-refractivity contribution >= 4 is 26.4 Å². The van der Waals surface area contributed by atoms with Gasteiger partial charge in [0, 0.05) is 4.88 Å². The van der Waals surface area contributed by atoms with Gasteiger partial charge in [-0.1, -0.05) is 6.07 Å². The van der Waals surface area contributed by atoms with Crippen molar-refractivity contribution in [2.75, 3.05) is 11.8 Å². The Kier molecular flexibility index (Phi) is 4.06. The van der Waals surface area contributed by atoms with Crippen molar-refractivity contribution in [3.05, 3.63) is 40.3 Å². The van der Waals surface area contributed by atoms with E-state index >= 15 is 0 Å². The lowest BCUT2D eigenvalue weighted by atomic mass is 10.2. The van der Waals surface area contributed by atoms with Gasteiger partial charge >= 0.3 is 0 Å². The summed E-state index contributed by atoms with van der Waals surface area (Å²) in [5.41, 5.74) is 1.94. The second-order valence-electron chi connectivity index (χ2n) is 4.61. The number of benzene rings is 1. The summed E-state index contributed by atoms with van der Waals surface area (Å²) in [7, 11) is -2.19. The third-order valence-electron chi connectivity index (χ3n) is 3.01. The van der Waals surface area contributed by atoms with Crippen molar-refractivity contribution in [3.8, 4) is 5.75 Å². The molecule has 0 atom stereocenters. The Balaban J connectivity index is 2.42.